The topological polar surface area (TPSA) is 17.8 Å². The van der Waals surface area contributed by atoms with E-state index in [1.165, 1.54) is 0 Å². The lowest BCUT2D eigenvalue weighted by molar-refractivity contribution is 0.758. The maximum atomic E-state index is 5.64. The van der Waals surface area contributed by atoms with E-state index in [1.807, 2.05) is 17.8 Å². The van der Waals surface area contributed by atoms with Crippen molar-refractivity contribution in [3.8, 4) is 0 Å². The number of hydrogen-bond donors (Lipinski definition) is 0. The first-order valence-corrected chi connectivity index (χ1v) is 4.38. The second-order valence-corrected chi connectivity index (χ2v) is 2.91. The highest BCUT2D eigenvalue weighted by Crippen LogP contribution is 2.05. The molecule has 3 heteroatoms. The van der Waals surface area contributed by atoms with Crippen LogP contribution in [0.4, 0.5) is 0 Å². The van der Waals surface area contributed by atoms with Crippen molar-refractivity contribution in [3.05, 3.63) is 17.7 Å². The zero-order valence-electron chi connectivity index (χ0n) is 6.97. The molecule has 62 valence electrons. The molecule has 0 aliphatic heterocycles. The van der Waals surface area contributed by atoms with Crippen LogP contribution in [-0.2, 0) is 19.3 Å². The molecule has 0 aromatic carbocycles. The van der Waals surface area contributed by atoms with Crippen LogP contribution >= 0.6 is 11.6 Å². The van der Waals surface area contributed by atoms with Gasteiger partial charge in [-0.2, -0.15) is 0 Å². The van der Waals surface area contributed by atoms with E-state index in [0.29, 0.717) is 5.88 Å². The minimum atomic E-state index is 0.511. The summed E-state index contributed by atoms with van der Waals surface area (Å²) in [5.74, 6) is 1.64. The SMILES string of the molecule is CCCc1nc(CCl)cn1C. The summed E-state index contributed by atoms with van der Waals surface area (Å²) in [5.41, 5.74) is 0.970. The molecule has 1 rings (SSSR count). The van der Waals surface area contributed by atoms with Crippen LogP contribution in [0.25, 0.3) is 0 Å². The molecular weight excluding hydrogens is 160 g/mol. The third-order valence-corrected chi connectivity index (χ3v) is 1.91. The largest absolute Gasteiger partial charge is 0.338 e. The molecule has 11 heavy (non-hydrogen) atoms. The average Bonchev–Trinajstić information content (AvgIpc) is 2.33. The Balaban J connectivity index is 2.79. The molecule has 0 N–H and O–H groups in total. The summed E-state index contributed by atoms with van der Waals surface area (Å²) in [6.07, 6.45) is 4.15. The van der Waals surface area contributed by atoms with Gasteiger partial charge in [-0.1, -0.05) is 6.92 Å². The fourth-order valence-corrected chi connectivity index (χ4v) is 1.22. The van der Waals surface area contributed by atoms with Crippen molar-refractivity contribution >= 4 is 11.6 Å². The van der Waals surface area contributed by atoms with Gasteiger partial charge in [0, 0.05) is 19.7 Å². The minimum Gasteiger partial charge on any atom is -0.338 e. The fraction of sp³-hybridized carbons (Fsp3) is 0.625. The number of nitrogens with zero attached hydrogens (tertiary/aromatic N) is 2. The molecule has 0 amide bonds. The zero-order chi connectivity index (χ0) is 8.27. The smallest absolute Gasteiger partial charge is 0.108 e. The van der Waals surface area contributed by atoms with Crippen molar-refractivity contribution < 1.29 is 0 Å². The number of hydrogen-bond acceptors (Lipinski definition) is 1. The van der Waals surface area contributed by atoms with E-state index in [-0.39, 0.29) is 0 Å². The molecule has 0 atom stereocenters. The molecule has 0 unspecified atom stereocenters. The van der Waals surface area contributed by atoms with Crippen LogP contribution in [0.15, 0.2) is 6.20 Å². The van der Waals surface area contributed by atoms with Crippen molar-refractivity contribution in [3.63, 3.8) is 0 Å². The number of aryl methyl sites for hydroxylation is 2. The molecule has 1 aromatic rings. The van der Waals surface area contributed by atoms with Crippen LogP contribution in [0.5, 0.6) is 0 Å². The third-order valence-electron chi connectivity index (χ3n) is 1.63. The number of imidazole rings is 1. The van der Waals surface area contributed by atoms with Gasteiger partial charge in [0.2, 0.25) is 0 Å². The van der Waals surface area contributed by atoms with Gasteiger partial charge in [-0.25, -0.2) is 4.98 Å². The number of halogens is 1. The van der Waals surface area contributed by atoms with Crippen molar-refractivity contribution in [1.29, 1.82) is 0 Å². The van der Waals surface area contributed by atoms with Crippen molar-refractivity contribution in [2.24, 2.45) is 7.05 Å². The molecule has 1 aromatic heterocycles. The number of alkyl halides is 1. The van der Waals surface area contributed by atoms with Gasteiger partial charge in [0.25, 0.3) is 0 Å². The quantitative estimate of drug-likeness (QED) is 0.639. The highest BCUT2D eigenvalue weighted by Gasteiger charge is 2.01. The Bertz CT molecular complexity index is 230. The predicted molar refractivity (Wildman–Crippen MR) is 46.8 cm³/mol. The van der Waals surface area contributed by atoms with E-state index in [4.69, 9.17) is 11.6 Å². The maximum absolute atomic E-state index is 5.64. The van der Waals surface area contributed by atoms with E-state index < -0.39 is 0 Å². The Morgan fingerprint density at radius 1 is 1.64 bits per heavy atom. The summed E-state index contributed by atoms with van der Waals surface area (Å²) < 4.78 is 2.04. The number of aromatic nitrogens is 2. The summed E-state index contributed by atoms with van der Waals surface area (Å²) in [5, 5.41) is 0. The van der Waals surface area contributed by atoms with Gasteiger partial charge in [-0.15, -0.1) is 11.6 Å². The second kappa shape index (κ2) is 3.77. The number of rotatable bonds is 3. The van der Waals surface area contributed by atoms with Gasteiger partial charge >= 0.3 is 0 Å². The van der Waals surface area contributed by atoms with E-state index in [2.05, 4.69) is 11.9 Å². The van der Waals surface area contributed by atoms with E-state index in [9.17, 15) is 0 Å². The first kappa shape index (κ1) is 8.60. The van der Waals surface area contributed by atoms with Crippen molar-refractivity contribution in [2.75, 3.05) is 0 Å². The molecule has 0 saturated heterocycles. The first-order valence-electron chi connectivity index (χ1n) is 3.85. The zero-order valence-corrected chi connectivity index (χ0v) is 7.73. The van der Waals surface area contributed by atoms with Crippen LogP contribution in [0.3, 0.4) is 0 Å². The Hall–Kier alpha value is -0.500. The predicted octanol–water partition coefficient (Wildman–Crippen LogP) is 2.11. The van der Waals surface area contributed by atoms with Crippen LogP contribution in [0, 0.1) is 0 Å². The molecule has 0 saturated carbocycles. The van der Waals surface area contributed by atoms with Gasteiger partial charge in [0.05, 0.1) is 11.6 Å². The van der Waals surface area contributed by atoms with E-state index in [1.54, 1.807) is 0 Å². The lowest BCUT2D eigenvalue weighted by Gasteiger charge is -1.95. The molecule has 0 bridgehead atoms. The Morgan fingerprint density at radius 3 is 2.82 bits per heavy atom. The average molecular weight is 173 g/mol. The van der Waals surface area contributed by atoms with Crippen LogP contribution in [0.1, 0.15) is 24.9 Å². The third kappa shape index (κ3) is 1.96. The van der Waals surface area contributed by atoms with Gasteiger partial charge < -0.3 is 4.57 Å². The summed E-state index contributed by atoms with van der Waals surface area (Å²) >= 11 is 5.64. The van der Waals surface area contributed by atoms with E-state index in [0.717, 1.165) is 24.4 Å². The van der Waals surface area contributed by atoms with Crippen molar-refractivity contribution in [1.82, 2.24) is 9.55 Å². The molecular formula is C8H13ClN2. The van der Waals surface area contributed by atoms with Crippen molar-refractivity contribution in [2.45, 2.75) is 25.6 Å². The second-order valence-electron chi connectivity index (χ2n) is 2.64. The summed E-state index contributed by atoms with van der Waals surface area (Å²) in [7, 11) is 2.01. The first-order chi connectivity index (χ1) is 5.27. The Morgan fingerprint density at radius 2 is 2.36 bits per heavy atom. The highest BCUT2D eigenvalue weighted by atomic mass is 35.5. The Kier molecular flexibility index (Phi) is 2.94. The normalized spacial score (nSPS) is 10.5. The lowest BCUT2D eigenvalue weighted by atomic mass is 10.3. The highest BCUT2D eigenvalue weighted by molar-refractivity contribution is 6.16. The lowest BCUT2D eigenvalue weighted by Crippen LogP contribution is -1.95. The van der Waals surface area contributed by atoms with E-state index >= 15 is 0 Å². The van der Waals surface area contributed by atoms with Gasteiger partial charge in [0.1, 0.15) is 5.82 Å². The molecule has 0 radical (unpaired) electrons. The molecule has 2 nitrogen and oxygen atoms in total. The van der Waals surface area contributed by atoms with Gasteiger partial charge in [-0.3, -0.25) is 0 Å². The van der Waals surface area contributed by atoms with Crippen LogP contribution in [-0.4, -0.2) is 9.55 Å². The minimum absolute atomic E-state index is 0.511. The summed E-state index contributed by atoms with van der Waals surface area (Å²) in [6.45, 7) is 2.15. The standard InChI is InChI=1S/C8H13ClN2/c1-3-4-8-10-7(5-9)6-11(8)2/h6H,3-5H2,1-2H3. The monoisotopic (exact) mass is 172 g/mol. The van der Waals surface area contributed by atoms with Gasteiger partial charge in [-0.05, 0) is 6.42 Å². The van der Waals surface area contributed by atoms with Crippen LogP contribution in [0.2, 0.25) is 0 Å². The summed E-state index contributed by atoms with van der Waals surface area (Å²) in [4.78, 5) is 4.35. The van der Waals surface area contributed by atoms with Gasteiger partial charge in [0.15, 0.2) is 0 Å². The molecule has 1 heterocycles. The molecule has 0 aliphatic rings. The molecule has 0 fully saturated rings. The van der Waals surface area contributed by atoms with Crippen LogP contribution < -0.4 is 0 Å². The molecule has 0 aliphatic carbocycles. The molecule has 0 spiro atoms. The Labute approximate surface area is 72.2 Å². The summed E-state index contributed by atoms with van der Waals surface area (Å²) in [6, 6.07) is 0. The fourth-order valence-electron chi connectivity index (χ4n) is 1.09. The maximum Gasteiger partial charge on any atom is 0.108 e.